The minimum atomic E-state index is -3.82. The zero-order valence-electron chi connectivity index (χ0n) is 18.1. The third kappa shape index (κ3) is 5.43. The van der Waals surface area contributed by atoms with Crippen molar-refractivity contribution in [2.24, 2.45) is 11.8 Å². The zero-order valence-corrected chi connectivity index (χ0v) is 18.9. The molecule has 1 fully saturated rings. The molecule has 0 aromatic heterocycles. The van der Waals surface area contributed by atoms with Crippen LogP contribution in [0.25, 0.3) is 0 Å². The number of piperidine rings is 1. The molecule has 0 bridgehead atoms. The SMILES string of the molecule is COc1ccc(C(=O)NCCc2ccccc2F)cc1S(=O)(=O)N1CC(C)CC(C)C1. The highest BCUT2D eigenvalue weighted by Gasteiger charge is 2.34. The Morgan fingerprint density at radius 3 is 2.48 bits per heavy atom. The van der Waals surface area contributed by atoms with Gasteiger partial charge in [0.2, 0.25) is 10.0 Å². The number of nitrogens with one attached hydrogen (secondary N) is 1. The number of amides is 1. The van der Waals surface area contributed by atoms with Gasteiger partial charge in [0.1, 0.15) is 16.5 Å². The van der Waals surface area contributed by atoms with E-state index in [2.05, 4.69) is 5.32 Å². The van der Waals surface area contributed by atoms with Gasteiger partial charge in [0.15, 0.2) is 0 Å². The number of carbonyl (C=O) groups is 1. The van der Waals surface area contributed by atoms with E-state index in [-0.39, 0.29) is 40.4 Å². The minimum Gasteiger partial charge on any atom is -0.495 e. The predicted octanol–water partition coefficient (Wildman–Crippen LogP) is 3.47. The smallest absolute Gasteiger partial charge is 0.251 e. The number of hydrogen-bond donors (Lipinski definition) is 1. The van der Waals surface area contributed by atoms with Crippen LogP contribution in [0.1, 0.15) is 36.2 Å². The van der Waals surface area contributed by atoms with Crippen LogP contribution in [0.3, 0.4) is 0 Å². The lowest BCUT2D eigenvalue weighted by molar-refractivity contribution is 0.0953. The quantitative estimate of drug-likeness (QED) is 0.704. The van der Waals surface area contributed by atoms with Crippen LogP contribution in [0.2, 0.25) is 0 Å². The van der Waals surface area contributed by atoms with Crippen LogP contribution < -0.4 is 10.1 Å². The number of nitrogens with zero attached hydrogens (tertiary/aromatic N) is 1. The van der Waals surface area contributed by atoms with Gasteiger partial charge in [0, 0.05) is 25.2 Å². The maximum Gasteiger partial charge on any atom is 0.251 e. The van der Waals surface area contributed by atoms with Gasteiger partial charge in [0.25, 0.3) is 5.91 Å². The van der Waals surface area contributed by atoms with E-state index in [1.165, 1.54) is 35.7 Å². The van der Waals surface area contributed by atoms with E-state index in [0.717, 1.165) is 6.42 Å². The molecule has 2 atom stereocenters. The first-order chi connectivity index (χ1) is 14.7. The molecule has 8 heteroatoms. The first-order valence-electron chi connectivity index (χ1n) is 10.4. The lowest BCUT2D eigenvalue weighted by Gasteiger charge is -2.34. The number of sulfonamides is 1. The average Bonchev–Trinajstić information content (AvgIpc) is 2.73. The Hall–Kier alpha value is -2.45. The number of benzene rings is 2. The molecule has 1 saturated heterocycles. The lowest BCUT2D eigenvalue weighted by Crippen LogP contribution is -2.42. The average molecular weight is 449 g/mol. The first kappa shape index (κ1) is 23.2. The summed E-state index contributed by atoms with van der Waals surface area (Å²) in [5, 5.41) is 2.73. The van der Waals surface area contributed by atoms with Gasteiger partial charge in [0.05, 0.1) is 7.11 Å². The number of rotatable bonds is 7. The van der Waals surface area contributed by atoms with Gasteiger partial charge >= 0.3 is 0 Å². The monoisotopic (exact) mass is 448 g/mol. The summed E-state index contributed by atoms with van der Waals surface area (Å²) in [5.41, 5.74) is 0.722. The molecule has 1 aliphatic rings. The van der Waals surface area contributed by atoms with Gasteiger partial charge in [-0.2, -0.15) is 4.31 Å². The van der Waals surface area contributed by atoms with Crippen LogP contribution in [-0.4, -0.2) is 45.4 Å². The fraction of sp³-hybridized carbons (Fsp3) is 0.435. The molecule has 3 rings (SSSR count). The summed E-state index contributed by atoms with van der Waals surface area (Å²) in [4.78, 5) is 12.6. The Labute approximate surface area is 183 Å². The third-order valence-electron chi connectivity index (χ3n) is 5.52. The van der Waals surface area contributed by atoms with Crippen LogP contribution in [-0.2, 0) is 16.4 Å². The number of halogens is 1. The highest BCUT2D eigenvalue weighted by molar-refractivity contribution is 7.89. The largest absolute Gasteiger partial charge is 0.495 e. The van der Waals surface area contributed by atoms with Gasteiger partial charge in [-0.3, -0.25) is 4.79 Å². The molecule has 2 unspecified atom stereocenters. The van der Waals surface area contributed by atoms with E-state index < -0.39 is 15.9 Å². The molecule has 168 valence electrons. The number of methoxy groups -OCH3 is 1. The summed E-state index contributed by atoms with van der Waals surface area (Å²) in [6, 6.07) is 10.8. The van der Waals surface area contributed by atoms with Crippen LogP contribution in [0.15, 0.2) is 47.4 Å². The van der Waals surface area contributed by atoms with Crippen molar-refractivity contribution >= 4 is 15.9 Å². The summed E-state index contributed by atoms with van der Waals surface area (Å²) >= 11 is 0. The molecule has 6 nitrogen and oxygen atoms in total. The van der Waals surface area contributed by atoms with E-state index in [1.54, 1.807) is 18.2 Å². The second-order valence-corrected chi connectivity index (χ2v) is 10.1. The molecule has 2 aromatic carbocycles. The van der Waals surface area contributed by atoms with Gasteiger partial charge in [-0.1, -0.05) is 32.0 Å². The van der Waals surface area contributed by atoms with Crippen molar-refractivity contribution in [3.05, 3.63) is 59.4 Å². The van der Waals surface area contributed by atoms with Gasteiger partial charge in [-0.25, -0.2) is 12.8 Å². The van der Waals surface area contributed by atoms with Gasteiger partial charge in [-0.15, -0.1) is 0 Å². The molecule has 1 amide bonds. The fourth-order valence-electron chi connectivity index (χ4n) is 4.07. The molecule has 2 aromatic rings. The number of hydrogen-bond acceptors (Lipinski definition) is 4. The second kappa shape index (κ2) is 9.78. The van der Waals surface area contributed by atoms with E-state index in [0.29, 0.717) is 25.1 Å². The topological polar surface area (TPSA) is 75.7 Å². The van der Waals surface area contributed by atoms with Crippen molar-refractivity contribution in [3.8, 4) is 5.75 Å². The normalized spacial score (nSPS) is 19.7. The predicted molar refractivity (Wildman–Crippen MR) is 117 cm³/mol. The molecular weight excluding hydrogens is 419 g/mol. The molecule has 1 aliphatic heterocycles. The lowest BCUT2D eigenvalue weighted by atomic mass is 9.94. The van der Waals surface area contributed by atoms with Crippen LogP contribution in [0.4, 0.5) is 4.39 Å². The van der Waals surface area contributed by atoms with Gasteiger partial charge < -0.3 is 10.1 Å². The summed E-state index contributed by atoms with van der Waals surface area (Å²) < 4.78 is 47.2. The van der Waals surface area contributed by atoms with Crippen LogP contribution in [0.5, 0.6) is 5.75 Å². The molecule has 0 aliphatic carbocycles. The molecule has 31 heavy (non-hydrogen) atoms. The standard InChI is InChI=1S/C23H29FN2O4S/c1-16-12-17(2)15-26(14-16)31(28,29)22-13-19(8-9-21(22)30-3)23(27)25-11-10-18-6-4-5-7-20(18)24/h4-9,13,16-17H,10-12,14-15H2,1-3H3,(H,25,27). The van der Waals surface area contributed by atoms with E-state index in [4.69, 9.17) is 4.74 Å². The highest BCUT2D eigenvalue weighted by atomic mass is 32.2. The van der Waals surface area contributed by atoms with Crippen molar-refractivity contribution in [1.29, 1.82) is 0 Å². The second-order valence-electron chi connectivity index (χ2n) is 8.23. The van der Waals surface area contributed by atoms with Crippen molar-refractivity contribution < 1.29 is 22.3 Å². The first-order valence-corrected chi connectivity index (χ1v) is 11.9. The summed E-state index contributed by atoms with van der Waals surface area (Å²) in [6.07, 6.45) is 1.32. The molecule has 1 heterocycles. The Balaban J connectivity index is 1.78. The third-order valence-corrected chi connectivity index (χ3v) is 7.37. The van der Waals surface area contributed by atoms with Crippen molar-refractivity contribution in [1.82, 2.24) is 9.62 Å². The highest BCUT2D eigenvalue weighted by Crippen LogP contribution is 2.32. The molecule has 0 saturated carbocycles. The number of carbonyl (C=O) groups excluding carboxylic acids is 1. The van der Waals surface area contributed by atoms with E-state index in [1.807, 2.05) is 13.8 Å². The Morgan fingerprint density at radius 1 is 1.16 bits per heavy atom. The van der Waals surface area contributed by atoms with Crippen molar-refractivity contribution in [2.45, 2.75) is 31.6 Å². The maximum absolute atomic E-state index is 13.7. The van der Waals surface area contributed by atoms with E-state index in [9.17, 15) is 17.6 Å². The summed E-state index contributed by atoms with van der Waals surface area (Å²) in [6.45, 7) is 5.18. The summed E-state index contributed by atoms with van der Waals surface area (Å²) in [7, 11) is -2.41. The zero-order chi connectivity index (χ0) is 22.6. The Bertz CT molecular complexity index is 1030. The molecule has 0 spiro atoms. The van der Waals surface area contributed by atoms with Crippen molar-refractivity contribution in [3.63, 3.8) is 0 Å². The van der Waals surface area contributed by atoms with Crippen LogP contribution in [0, 0.1) is 17.7 Å². The number of ether oxygens (including phenoxy) is 1. The van der Waals surface area contributed by atoms with Crippen LogP contribution >= 0.6 is 0 Å². The summed E-state index contributed by atoms with van der Waals surface area (Å²) in [5.74, 6) is -0.0204. The van der Waals surface area contributed by atoms with Gasteiger partial charge in [-0.05, 0) is 54.5 Å². The Kier molecular flexibility index (Phi) is 7.33. The van der Waals surface area contributed by atoms with E-state index >= 15 is 0 Å². The van der Waals surface area contributed by atoms with Crippen molar-refractivity contribution in [2.75, 3.05) is 26.7 Å². The fourth-order valence-corrected chi connectivity index (χ4v) is 5.94. The molecule has 1 N–H and O–H groups in total. The Morgan fingerprint density at radius 2 is 1.84 bits per heavy atom. The molecular formula is C23H29FN2O4S. The maximum atomic E-state index is 13.7. The minimum absolute atomic E-state index is 0.0157. The molecule has 0 radical (unpaired) electrons.